The number of hydrogen-bond acceptors (Lipinski definition) is 7. The van der Waals surface area contributed by atoms with Crippen molar-refractivity contribution >= 4 is 22.4 Å². The number of amides is 1. The molecule has 0 spiro atoms. The Morgan fingerprint density at radius 3 is 2.64 bits per heavy atom. The molecule has 1 N–H and O–H groups in total. The van der Waals surface area contributed by atoms with E-state index < -0.39 is 0 Å². The fourth-order valence-electron chi connectivity index (χ4n) is 2.90. The number of hydrogen-bond donors (Lipinski definition) is 1. The molecule has 144 valence electrons. The highest BCUT2D eigenvalue weighted by molar-refractivity contribution is 7.16. The first-order chi connectivity index (χ1) is 13.6. The molecule has 2 heterocycles. The number of anilines is 1. The van der Waals surface area contributed by atoms with Gasteiger partial charge in [0.15, 0.2) is 16.6 Å². The van der Waals surface area contributed by atoms with Crippen LogP contribution in [0.4, 0.5) is 5.13 Å². The molecule has 1 amide bonds. The van der Waals surface area contributed by atoms with Crippen LogP contribution in [0, 0.1) is 6.92 Å². The van der Waals surface area contributed by atoms with Crippen LogP contribution in [0.2, 0.25) is 0 Å². The predicted octanol–water partition coefficient (Wildman–Crippen LogP) is 4.06. The zero-order valence-corrected chi connectivity index (χ0v) is 16.7. The minimum atomic E-state index is -0.281. The van der Waals surface area contributed by atoms with Crippen molar-refractivity contribution in [2.45, 2.75) is 25.7 Å². The first-order valence-corrected chi connectivity index (χ1v) is 9.75. The van der Waals surface area contributed by atoms with Gasteiger partial charge in [0, 0.05) is 22.6 Å². The third kappa shape index (κ3) is 3.68. The smallest absolute Gasteiger partial charge is 0.276 e. The van der Waals surface area contributed by atoms with Crippen LogP contribution in [0.15, 0.2) is 30.5 Å². The Hall–Kier alpha value is -3.00. The standard InChI is InChI=1S/C20H20N4O3S/c1-11-17(13-6-7-15(26-2)16(10-13)27-3)23-20(28-11)24-19(25)14-8-9-21-18(22-14)12-4-5-12/h6-10,12H,4-5H2,1-3H3,(H,23,24,25). The molecule has 0 saturated heterocycles. The number of thiazole rings is 1. The number of benzene rings is 1. The van der Waals surface area contributed by atoms with Crippen molar-refractivity contribution in [3.8, 4) is 22.8 Å². The Balaban J connectivity index is 1.56. The zero-order valence-electron chi connectivity index (χ0n) is 15.9. The van der Waals surface area contributed by atoms with E-state index in [1.54, 1.807) is 26.5 Å². The molecule has 4 rings (SSSR count). The molecule has 0 aliphatic heterocycles. The first kappa shape index (κ1) is 18.4. The average molecular weight is 396 g/mol. The van der Waals surface area contributed by atoms with Crippen molar-refractivity contribution in [3.63, 3.8) is 0 Å². The summed E-state index contributed by atoms with van der Waals surface area (Å²) in [5, 5.41) is 3.38. The Kier molecular flexibility index (Phi) is 4.95. The Bertz CT molecular complexity index is 1030. The van der Waals surface area contributed by atoms with E-state index in [0.717, 1.165) is 34.8 Å². The van der Waals surface area contributed by atoms with Gasteiger partial charge >= 0.3 is 0 Å². The van der Waals surface area contributed by atoms with E-state index >= 15 is 0 Å². The van der Waals surface area contributed by atoms with Gasteiger partial charge in [0.25, 0.3) is 5.91 Å². The fraction of sp³-hybridized carbons (Fsp3) is 0.300. The highest BCUT2D eigenvalue weighted by Gasteiger charge is 2.27. The Labute approximate surface area is 166 Å². The van der Waals surface area contributed by atoms with Crippen LogP contribution in [-0.2, 0) is 0 Å². The maximum atomic E-state index is 12.6. The summed E-state index contributed by atoms with van der Waals surface area (Å²) in [6.07, 6.45) is 3.81. The van der Waals surface area contributed by atoms with Gasteiger partial charge in [-0.1, -0.05) is 0 Å². The molecule has 0 unspecified atom stereocenters. The zero-order chi connectivity index (χ0) is 19.7. The topological polar surface area (TPSA) is 86.2 Å². The molecule has 7 nitrogen and oxygen atoms in total. The number of carbonyl (C=O) groups excluding carboxylic acids is 1. The minimum Gasteiger partial charge on any atom is -0.493 e. The number of carbonyl (C=O) groups is 1. The quantitative estimate of drug-likeness (QED) is 0.676. The summed E-state index contributed by atoms with van der Waals surface area (Å²) in [6.45, 7) is 1.97. The molecule has 0 radical (unpaired) electrons. The molecule has 8 heteroatoms. The normalized spacial score (nSPS) is 13.2. The molecule has 1 aliphatic rings. The average Bonchev–Trinajstić information content (AvgIpc) is 3.51. The van der Waals surface area contributed by atoms with Gasteiger partial charge in [-0.15, -0.1) is 11.3 Å². The molecular weight excluding hydrogens is 376 g/mol. The molecule has 0 atom stereocenters. The number of ether oxygens (including phenoxy) is 2. The largest absolute Gasteiger partial charge is 0.493 e. The van der Waals surface area contributed by atoms with Gasteiger partial charge < -0.3 is 9.47 Å². The van der Waals surface area contributed by atoms with Gasteiger partial charge in [-0.3, -0.25) is 10.1 Å². The van der Waals surface area contributed by atoms with Crippen molar-refractivity contribution in [1.82, 2.24) is 15.0 Å². The fourth-order valence-corrected chi connectivity index (χ4v) is 3.73. The number of aromatic nitrogens is 3. The maximum Gasteiger partial charge on any atom is 0.276 e. The third-order valence-electron chi connectivity index (χ3n) is 4.52. The van der Waals surface area contributed by atoms with Crippen LogP contribution >= 0.6 is 11.3 Å². The summed E-state index contributed by atoms with van der Waals surface area (Å²) in [6, 6.07) is 7.25. The number of methoxy groups -OCH3 is 2. The van der Waals surface area contributed by atoms with E-state index in [0.29, 0.717) is 28.2 Å². The molecule has 3 aromatic rings. The highest BCUT2D eigenvalue weighted by atomic mass is 32.1. The number of rotatable bonds is 6. The van der Waals surface area contributed by atoms with Gasteiger partial charge in [-0.2, -0.15) is 0 Å². The molecular formula is C20H20N4O3S. The number of nitrogens with zero attached hydrogens (tertiary/aromatic N) is 3. The molecule has 2 aromatic heterocycles. The summed E-state index contributed by atoms with van der Waals surface area (Å²) in [7, 11) is 3.19. The number of nitrogens with one attached hydrogen (secondary N) is 1. The Morgan fingerprint density at radius 2 is 1.93 bits per heavy atom. The van der Waals surface area contributed by atoms with Gasteiger partial charge in [-0.05, 0) is 44.0 Å². The van der Waals surface area contributed by atoms with Crippen molar-refractivity contribution in [3.05, 3.63) is 46.9 Å². The lowest BCUT2D eigenvalue weighted by Gasteiger charge is -2.08. The minimum absolute atomic E-state index is 0.281. The van der Waals surface area contributed by atoms with Gasteiger partial charge in [0.05, 0.1) is 19.9 Å². The van der Waals surface area contributed by atoms with E-state index in [1.165, 1.54) is 11.3 Å². The lowest BCUT2D eigenvalue weighted by molar-refractivity contribution is 0.102. The van der Waals surface area contributed by atoms with Crippen LogP contribution in [0.5, 0.6) is 11.5 Å². The summed E-state index contributed by atoms with van der Waals surface area (Å²) in [5.74, 6) is 2.15. The van der Waals surface area contributed by atoms with E-state index in [9.17, 15) is 4.79 Å². The van der Waals surface area contributed by atoms with Gasteiger partial charge in [-0.25, -0.2) is 15.0 Å². The summed E-state index contributed by atoms with van der Waals surface area (Å²) < 4.78 is 10.7. The van der Waals surface area contributed by atoms with Crippen molar-refractivity contribution in [2.75, 3.05) is 19.5 Å². The molecule has 1 aliphatic carbocycles. The second-order valence-corrected chi connectivity index (χ2v) is 7.73. The van der Waals surface area contributed by atoms with Crippen LogP contribution < -0.4 is 14.8 Å². The van der Waals surface area contributed by atoms with Gasteiger partial charge in [0.1, 0.15) is 11.5 Å². The number of aryl methyl sites for hydroxylation is 1. The van der Waals surface area contributed by atoms with Crippen molar-refractivity contribution in [1.29, 1.82) is 0 Å². The molecule has 1 aromatic carbocycles. The molecule has 1 fully saturated rings. The maximum absolute atomic E-state index is 12.6. The van der Waals surface area contributed by atoms with Crippen LogP contribution in [-0.4, -0.2) is 35.1 Å². The van der Waals surface area contributed by atoms with E-state index in [-0.39, 0.29) is 5.91 Å². The Morgan fingerprint density at radius 1 is 1.14 bits per heavy atom. The van der Waals surface area contributed by atoms with E-state index in [4.69, 9.17) is 9.47 Å². The highest BCUT2D eigenvalue weighted by Crippen LogP contribution is 2.38. The predicted molar refractivity (Wildman–Crippen MR) is 107 cm³/mol. The molecule has 0 bridgehead atoms. The first-order valence-electron chi connectivity index (χ1n) is 8.93. The van der Waals surface area contributed by atoms with Gasteiger partial charge in [0.2, 0.25) is 0 Å². The van der Waals surface area contributed by atoms with Crippen LogP contribution in [0.1, 0.15) is 39.9 Å². The van der Waals surface area contributed by atoms with E-state index in [1.807, 2.05) is 25.1 Å². The van der Waals surface area contributed by atoms with E-state index in [2.05, 4.69) is 20.3 Å². The SMILES string of the molecule is COc1ccc(-c2nc(NC(=O)c3ccnc(C4CC4)n3)sc2C)cc1OC. The second-order valence-electron chi connectivity index (χ2n) is 6.52. The lowest BCUT2D eigenvalue weighted by atomic mass is 10.1. The summed E-state index contributed by atoms with van der Waals surface area (Å²) in [4.78, 5) is 26.8. The third-order valence-corrected chi connectivity index (χ3v) is 5.41. The molecule has 1 saturated carbocycles. The molecule has 28 heavy (non-hydrogen) atoms. The second kappa shape index (κ2) is 7.55. The monoisotopic (exact) mass is 396 g/mol. The lowest BCUT2D eigenvalue weighted by Crippen LogP contribution is -2.14. The van der Waals surface area contributed by atoms with Crippen molar-refractivity contribution in [2.24, 2.45) is 0 Å². The summed E-state index contributed by atoms with van der Waals surface area (Å²) >= 11 is 1.42. The summed E-state index contributed by atoms with van der Waals surface area (Å²) in [5.41, 5.74) is 2.05. The van der Waals surface area contributed by atoms with Crippen molar-refractivity contribution < 1.29 is 14.3 Å². The van der Waals surface area contributed by atoms with Crippen LogP contribution in [0.3, 0.4) is 0 Å². The van der Waals surface area contributed by atoms with Crippen LogP contribution in [0.25, 0.3) is 11.3 Å².